The number of carbonyl (C=O) groups excluding carboxylic acids is 8. The first-order valence-corrected chi connectivity index (χ1v) is 30.4. The molecular weight excluding hydrogens is 1060 g/mol. The highest BCUT2D eigenvalue weighted by Gasteiger charge is 2.41. The van der Waals surface area contributed by atoms with E-state index in [1.165, 1.54) is 18.2 Å². The van der Waals surface area contributed by atoms with Crippen molar-refractivity contribution in [3.8, 4) is 0 Å². The Morgan fingerprint density at radius 3 is 1.01 bits per heavy atom. The van der Waals surface area contributed by atoms with Gasteiger partial charge in [-0.2, -0.15) is 0 Å². The lowest BCUT2D eigenvalue weighted by Gasteiger charge is -2.18. The number of Topliss-reactive ketones (excluding diaryl/α,β-unsaturated/α-hetero) is 2. The van der Waals surface area contributed by atoms with Crippen LogP contribution in [0.25, 0.3) is 11.4 Å². The predicted molar refractivity (Wildman–Crippen MR) is 333 cm³/mol. The van der Waals surface area contributed by atoms with E-state index in [1.54, 1.807) is 66.7 Å². The van der Waals surface area contributed by atoms with Crippen LogP contribution in [-0.2, 0) is 9.59 Å². The zero-order chi connectivity index (χ0) is 60.7. The summed E-state index contributed by atoms with van der Waals surface area (Å²) < 4.78 is 0. The normalized spacial score (nSPS) is 13.0. The van der Waals surface area contributed by atoms with Crippen LogP contribution >= 0.6 is 0 Å². The number of rotatable bonds is 36. The Kier molecular flexibility index (Phi) is 25.7. The molecule has 4 aromatic carbocycles. The minimum Gasteiger partial charge on any atom is -0.352 e. The largest absolute Gasteiger partial charge is 0.352 e. The molecule has 4 aromatic rings. The van der Waals surface area contributed by atoms with Crippen LogP contribution in [-0.4, -0.2) is 158 Å². The molecule has 0 spiro atoms. The third-order valence-corrected chi connectivity index (χ3v) is 15.8. The third-order valence-electron chi connectivity index (χ3n) is 15.8. The Morgan fingerprint density at radius 1 is 0.369 bits per heavy atom. The fraction of sp³-hybridized carbons (Fsp3) is 0.455. The van der Waals surface area contributed by atoms with Gasteiger partial charge in [-0.05, 0) is 189 Å². The van der Waals surface area contributed by atoms with Crippen molar-refractivity contribution in [1.29, 1.82) is 0 Å². The average Bonchev–Trinajstić information content (AvgIpc) is 3.50. The maximum Gasteiger partial charge on any atom is 0.258 e. The van der Waals surface area contributed by atoms with Gasteiger partial charge in [0.2, 0.25) is 0 Å². The summed E-state index contributed by atoms with van der Waals surface area (Å²) in [5, 5.41) is 17.3. The fourth-order valence-electron chi connectivity index (χ4n) is 10.5. The Labute approximate surface area is 496 Å². The number of unbranched alkanes of at least 4 members (excludes halogenated alkanes) is 2. The first-order chi connectivity index (χ1) is 40.6. The first kappa shape index (κ1) is 65.5. The molecule has 450 valence electrons. The zero-order valence-corrected chi connectivity index (χ0v) is 50.7. The monoisotopic (exact) mass is 1150 g/mol. The molecule has 18 heteroatoms. The summed E-state index contributed by atoms with van der Waals surface area (Å²) in [7, 11) is 0. The lowest BCUT2D eigenvalue weighted by atomic mass is 9.98. The summed E-state index contributed by atoms with van der Waals surface area (Å²) in [5.74, 6) is -2.96. The van der Waals surface area contributed by atoms with E-state index in [1.807, 2.05) is 0 Å². The number of hydrogen-bond donors (Lipinski definition) is 6. The van der Waals surface area contributed by atoms with E-state index in [2.05, 4.69) is 107 Å². The summed E-state index contributed by atoms with van der Waals surface area (Å²) in [6.07, 6.45) is 5.24. The van der Waals surface area contributed by atoms with Gasteiger partial charge in [-0.1, -0.05) is 79.7 Å². The number of fused-ring (bicyclic) bond motifs is 1. The molecule has 84 heavy (non-hydrogen) atoms. The van der Waals surface area contributed by atoms with E-state index in [0.29, 0.717) is 66.7 Å². The minimum atomic E-state index is -0.515. The molecule has 2 aliphatic rings. The molecule has 0 saturated heterocycles. The molecule has 0 fully saturated rings. The SMILES string of the molecule is CCN(CC)CCCCC(=O)c1cc(NC(=O)c2ccc(C3=C4C(=O)NC(c5ccc(C(=O)Nc6cc(C(=O)NCCCN(CC)CC)cc(C(=O)NCCCN(CC)CC)c6)cc5)=C4C(=O)N3)cc2)cc(C(=O)CCCCN(CC)CC)c1. The highest BCUT2D eigenvalue weighted by Crippen LogP contribution is 2.37. The highest BCUT2D eigenvalue weighted by atomic mass is 16.2. The third kappa shape index (κ3) is 18.2. The zero-order valence-electron chi connectivity index (χ0n) is 50.7. The number of hydrogen-bond acceptors (Lipinski definition) is 12. The van der Waals surface area contributed by atoms with E-state index in [9.17, 15) is 38.4 Å². The van der Waals surface area contributed by atoms with E-state index in [4.69, 9.17) is 0 Å². The van der Waals surface area contributed by atoms with Crippen molar-refractivity contribution in [2.75, 3.05) is 102 Å². The number of benzene rings is 4. The van der Waals surface area contributed by atoms with Gasteiger partial charge in [-0.15, -0.1) is 0 Å². The molecule has 0 aromatic heterocycles. The molecule has 0 atom stereocenters. The second-order valence-electron chi connectivity index (χ2n) is 21.2. The van der Waals surface area contributed by atoms with Gasteiger partial charge in [0.1, 0.15) is 0 Å². The van der Waals surface area contributed by atoms with Crippen LogP contribution in [0.15, 0.2) is 96.1 Å². The van der Waals surface area contributed by atoms with Gasteiger partial charge < -0.3 is 51.5 Å². The van der Waals surface area contributed by atoms with Gasteiger partial charge in [0, 0.05) is 70.7 Å². The summed E-state index contributed by atoms with van der Waals surface area (Å²) in [4.78, 5) is 118. The average molecular weight is 1150 g/mol. The second-order valence-corrected chi connectivity index (χ2v) is 21.2. The van der Waals surface area contributed by atoms with Gasteiger partial charge in [0.05, 0.1) is 22.5 Å². The maximum atomic E-state index is 13.8. The van der Waals surface area contributed by atoms with Crippen molar-refractivity contribution >= 4 is 69.8 Å². The van der Waals surface area contributed by atoms with Crippen LogP contribution in [0, 0.1) is 0 Å². The van der Waals surface area contributed by atoms with Crippen LogP contribution in [0.3, 0.4) is 0 Å². The number of anilines is 2. The highest BCUT2D eigenvalue weighted by molar-refractivity contribution is 6.30. The van der Waals surface area contributed by atoms with Crippen LogP contribution < -0.4 is 31.9 Å². The molecule has 6 amide bonds. The van der Waals surface area contributed by atoms with E-state index >= 15 is 0 Å². The predicted octanol–water partition coefficient (Wildman–Crippen LogP) is 8.89. The molecule has 2 aliphatic heterocycles. The number of amides is 6. The van der Waals surface area contributed by atoms with E-state index in [0.717, 1.165) is 104 Å². The number of nitrogens with zero attached hydrogens (tertiary/aromatic N) is 4. The summed E-state index contributed by atoms with van der Waals surface area (Å²) >= 11 is 0. The molecule has 6 N–H and O–H groups in total. The van der Waals surface area contributed by atoms with Crippen molar-refractivity contribution in [1.82, 2.24) is 40.9 Å². The van der Waals surface area contributed by atoms with Crippen molar-refractivity contribution in [2.45, 2.75) is 107 Å². The summed E-state index contributed by atoms with van der Waals surface area (Å²) in [6, 6.07) is 22.2. The lowest BCUT2D eigenvalue weighted by Crippen LogP contribution is -2.31. The van der Waals surface area contributed by atoms with Crippen molar-refractivity contribution in [2.24, 2.45) is 0 Å². The molecule has 6 rings (SSSR count). The van der Waals surface area contributed by atoms with Gasteiger partial charge in [0.15, 0.2) is 11.6 Å². The quantitative estimate of drug-likeness (QED) is 0.0186. The molecule has 0 unspecified atom stereocenters. The smallest absolute Gasteiger partial charge is 0.258 e. The molecule has 0 aliphatic carbocycles. The van der Waals surface area contributed by atoms with Crippen LogP contribution in [0.1, 0.15) is 180 Å². The Hall–Kier alpha value is -7.64. The summed E-state index contributed by atoms with van der Waals surface area (Å²) in [5.41, 5.74) is 3.98. The van der Waals surface area contributed by atoms with Crippen LogP contribution in [0.4, 0.5) is 11.4 Å². The van der Waals surface area contributed by atoms with Crippen LogP contribution in [0.2, 0.25) is 0 Å². The van der Waals surface area contributed by atoms with Gasteiger partial charge >= 0.3 is 0 Å². The topological polar surface area (TPSA) is 222 Å². The Morgan fingerprint density at radius 2 is 0.679 bits per heavy atom. The van der Waals surface area contributed by atoms with Crippen LogP contribution in [0.5, 0.6) is 0 Å². The Balaban J connectivity index is 1.16. The number of ketones is 2. The van der Waals surface area contributed by atoms with E-state index < -0.39 is 23.6 Å². The Bertz CT molecular complexity index is 2720. The minimum absolute atomic E-state index is 0.0977. The molecule has 0 bridgehead atoms. The van der Waals surface area contributed by atoms with Crippen molar-refractivity contribution < 1.29 is 38.4 Å². The standard InChI is InChI=1S/C66H88N10O8/c1-9-73(10-2)35-19-17-23-55(77)49-39-50(56(78)24-18-20-36-74(11-3)12-4)42-53(41-49)69-63(81)47-29-25-45(26-30-47)59-57-58(66(84)71-59)60(72-65(57)83)46-27-31-48(32-28-46)64(82)70-54-43-51(61(79)67-33-21-37-75(13-5)14-6)40-52(44-54)62(80)68-34-22-38-76(15-7)16-8/h25-32,39-44H,9-24,33-38H2,1-8H3,(H,67,79)(H,68,80)(H,69,81)(H,70,82)(H,71,84)(H,72,83). The number of nitrogens with one attached hydrogen (secondary N) is 6. The van der Waals surface area contributed by atoms with Crippen molar-refractivity contribution in [3.63, 3.8) is 0 Å². The van der Waals surface area contributed by atoms with E-state index in [-0.39, 0.29) is 73.9 Å². The molecule has 0 saturated carbocycles. The fourth-order valence-corrected chi connectivity index (χ4v) is 10.5. The van der Waals surface area contributed by atoms with Gasteiger partial charge in [-0.3, -0.25) is 38.4 Å². The molecular formula is C66H88N10O8. The molecule has 18 nitrogen and oxygen atoms in total. The summed E-state index contributed by atoms with van der Waals surface area (Å²) in [6.45, 7) is 28.5. The lowest BCUT2D eigenvalue weighted by molar-refractivity contribution is -0.117. The molecule has 0 radical (unpaired) electrons. The molecule has 2 heterocycles. The first-order valence-electron chi connectivity index (χ1n) is 30.4. The second kappa shape index (κ2) is 33.0. The maximum absolute atomic E-state index is 13.8. The van der Waals surface area contributed by atoms with Gasteiger partial charge in [-0.25, -0.2) is 0 Å². The van der Waals surface area contributed by atoms with Gasteiger partial charge in [0.25, 0.3) is 35.4 Å². The van der Waals surface area contributed by atoms with Crippen molar-refractivity contribution in [3.05, 3.63) is 141 Å². The number of carbonyl (C=O) groups is 8.